The molecule has 1 saturated heterocycles. The Morgan fingerprint density at radius 1 is 1.31 bits per heavy atom. The van der Waals surface area contributed by atoms with Gasteiger partial charge in [-0.2, -0.15) is 0 Å². The van der Waals surface area contributed by atoms with Gasteiger partial charge in [0, 0.05) is 18.8 Å². The van der Waals surface area contributed by atoms with Crippen LogP contribution < -0.4 is 10.5 Å². The fourth-order valence-electron chi connectivity index (χ4n) is 2.18. The maximum atomic E-state index is 6.38. The number of ether oxygens (including phenoxy) is 2. The van der Waals surface area contributed by atoms with Crippen molar-refractivity contribution in [2.24, 2.45) is 5.73 Å². The summed E-state index contributed by atoms with van der Waals surface area (Å²) in [4.78, 5) is 0. The number of methoxy groups -OCH3 is 1. The number of rotatable bonds is 3. The highest BCUT2D eigenvalue weighted by Gasteiger charge is 2.29. The second kappa shape index (κ2) is 4.85. The van der Waals surface area contributed by atoms with Crippen LogP contribution in [0.3, 0.4) is 0 Å². The van der Waals surface area contributed by atoms with E-state index >= 15 is 0 Å². The van der Waals surface area contributed by atoms with Crippen molar-refractivity contribution in [1.82, 2.24) is 0 Å². The van der Waals surface area contributed by atoms with Gasteiger partial charge in [0.1, 0.15) is 5.75 Å². The highest BCUT2D eigenvalue weighted by atomic mass is 16.5. The normalized spacial score (nSPS) is 19.4. The Balaban J connectivity index is 2.12. The topological polar surface area (TPSA) is 44.5 Å². The number of benzene rings is 1. The van der Waals surface area contributed by atoms with Crippen LogP contribution in [0.15, 0.2) is 24.3 Å². The molecule has 0 atom stereocenters. The van der Waals surface area contributed by atoms with E-state index in [2.05, 4.69) is 6.07 Å². The molecule has 2 rings (SSSR count). The molecule has 1 aromatic rings. The lowest BCUT2D eigenvalue weighted by molar-refractivity contribution is 0.0531. The van der Waals surface area contributed by atoms with E-state index < -0.39 is 0 Å². The van der Waals surface area contributed by atoms with Gasteiger partial charge < -0.3 is 15.2 Å². The third kappa shape index (κ3) is 2.54. The summed E-state index contributed by atoms with van der Waals surface area (Å²) in [5.74, 6) is 0.929. The first-order valence-electron chi connectivity index (χ1n) is 5.72. The number of hydrogen-bond donors (Lipinski definition) is 1. The maximum Gasteiger partial charge on any atom is 0.122 e. The summed E-state index contributed by atoms with van der Waals surface area (Å²) >= 11 is 0. The number of hydrogen-bond acceptors (Lipinski definition) is 3. The number of nitrogens with two attached hydrogens (primary N) is 1. The van der Waals surface area contributed by atoms with E-state index in [1.807, 2.05) is 18.2 Å². The van der Waals surface area contributed by atoms with Gasteiger partial charge in [-0.15, -0.1) is 0 Å². The zero-order chi connectivity index (χ0) is 11.4. The van der Waals surface area contributed by atoms with E-state index in [0.29, 0.717) is 0 Å². The molecule has 0 radical (unpaired) electrons. The van der Waals surface area contributed by atoms with Crippen LogP contribution in [-0.2, 0) is 11.2 Å². The zero-order valence-electron chi connectivity index (χ0n) is 9.74. The molecule has 0 amide bonds. The Morgan fingerprint density at radius 3 is 2.69 bits per heavy atom. The second-order valence-corrected chi connectivity index (χ2v) is 4.46. The van der Waals surface area contributed by atoms with Crippen molar-refractivity contribution in [3.05, 3.63) is 29.8 Å². The fourth-order valence-corrected chi connectivity index (χ4v) is 2.18. The highest BCUT2D eigenvalue weighted by molar-refractivity contribution is 5.34. The Hall–Kier alpha value is -1.06. The molecule has 88 valence electrons. The summed E-state index contributed by atoms with van der Waals surface area (Å²) in [5.41, 5.74) is 7.44. The van der Waals surface area contributed by atoms with Gasteiger partial charge in [0.25, 0.3) is 0 Å². The van der Waals surface area contributed by atoms with Crippen LogP contribution in [-0.4, -0.2) is 25.9 Å². The van der Waals surface area contributed by atoms with E-state index in [-0.39, 0.29) is 5.54 Å². The summed E-state index contributed by atoms with van der Waals surface area (Å²) in [5, 5.41) is 0. The minimum atomic E-state index is -0.132. The molecule has 1 heterocycles. The van der Waals surface area contributed by atoms with Crippen molar-refractivity contribution >= 4 is 0 Å². The van der Waals surface area contributed by atoms with Crippen molar-refractivity contribution < 1.29 is 9.47 Å². The third-order valence-corrected chi connectivity index (χ3v) is 3.22. The molecule has 3 heteroatoms. The quantitative estimate of drug-likeness (QED) is 0.845. The van der Waals surface area contributed by atoms with E-state index in [1.165, 1.54) is 5.56 Å². The monoisotopic (exact) mass is 221 g/mol. The Kier molecular flexibility index (Phi) is 3.46. The number of para-hydroxylation sites is 1. The van der Waals surface area contributed by atoms with Gasteiger partial charge in [-0.3, -0.25) is 0 Å². The smallest absolute Gasteiger partial charge is 0.122 e. The van der Waals surface area contributed by atoms with Crippen LogP contribution in [0.4, 0.5) is 0 Å². The first-order valence-corrected chi connectivity index (χ1v) is 5.72. The lowest BCUT2D eigenvalue weighted by atomic mass is 9.84. The molecule has 16 heavy (non-hydrogen) atoms. The summed E-state index contributed by atoms with van der Waals surface area (Å²) in [6.07, 6.45) is 2.70. The van der Waals surface area contributed by atoms with Crippen LogP contribution in [0.1, 0.15) is 18.4 Å². The molecule has 1 aliphatic rings. The molecule has 2 N–H and O–H groups in total. The SMILES string of the molecule is COc1ccccc1CC1(N)CCOCC1. The molecule has 1 aliphatic heterocycles. The van der Waals surface area contributed by atoms with Crippen LogP contribution in [0.5, 0.6) is 5.75 Å². The lowest BCUT2D eigenvalue weighted by Crippen LogP contribution is -2.46. The van der Waals surface area contributed by atoms with Gasteiger partial charge >= 0.3 is 0 Å². The fraction of sp³-hybridized carbons (Fsp3) is 0.538. The maximum absolute atomic E-state index is 6.38. The van der Waals surface area contributed by atoms with Crippen molar-refractivity contribution in [2.75, 3.05) is 20.3 Å². The van der Waals surface area contributed by atoms with Gasteiger partial charge in [0.15, 0.2) is 0 Å². The van der Waals surface area contributed by atoms with Crippen LogP contribution in [0, 0.1) is 0 Å². The van der Waals surface area contributed by atoms with E-state index in [9.17, 15) is 0 Å². The van der Waals surface area contributed by atoms with Crippen molar-refractivity contribution in [2.45, 2.75) is 24.8 Å². The van der Waals surface area contributed by atoms with Gasteiger partial charge in [-0.25, -0.2) is 0 Å². The summed E-state index contributed by atoms with van der Waals surface area (Å²) in [6.45, 7) is 1.54. The van der Waals surface area contributed by atoms with Crippen LogP contribution in [0.25, 0.3) is 0 Å². The minimum Gasteiger partial charge on any atom is -0.496 e. The largest absolute Gasteiger partial charge is 0.496 e. The highest BCUT2D eigenvalue weighted by Crippen LogP contribution is 2.27. The standard InChI is InChI=1S/C13H19NO2/c1-15-12-5-3-2-4-11(12)10-13(14)6-8-16-9-7-13/h2-5H,6-10,14H2,1H3. The van der Waals surface area contributed by atoms with Gasteiger partial charge in [-0.05, 0) is 30.9 Å². The molecule has 1 fully saturated rings. The van der Waals surface area contributed by atoms with E-state index in [1.54, 1.807) is 7.11 Å². The summed E-state index contributed by atoms with van der Waals surface area (Å²) < 4.78 is 10.7. The lowest BCUT2D eigenvalue weighted by Gasteiger charge is -2.33. The molecule has 0 aromatic heterocycles. The van der Waals surface area contributed by atoms with Crippen LogP contribution >= 0.6 is 0 Å². The predicted molar refractivity (Wildman–Crippen MR) is 63.7 cm³/mol. The average molecular weight is 221 g/mol. The summed E-state index contributed by atoms with van der Waals surface area (Å²) in [6, 6.07) is 8.08. The minimum absolute atomic E-state index is 0.132. The van der Waals surface area contributed by atoms with Crippen molar-refractivity contribution in [3.63, 3.8) is 0 Å². The molecule has 0 unspecified atom stereocenters. The summed E-state index contributed by atoms with van der Waals surface area (Å²) in [7, 11) is 1.70. The molecule has 0 aliphatic carbocycles. The molecule has 3 nitrogen and oxygen atoms in total. The van der Waals surface area contributed by atoms with Gasteiger partial charge in [-0.1, -0.05) is 18.2 Å². The van der Waals surface area contributed by atoms with Crippen molar-refractivity contribution in [3.8, 4) is 5.75 Å². The molecule has 0 bridgehead atoms. The van der Waals surface area contributed by atoms with Crippen LogP contribution in [0.2, 0.25) is 0 Å². The average Bonchev–Trinajstić information content (AvgIpc) is 2.30. The third-order valence-electron chi connectivity index (χ3n) is 3.22. The van der Waals surface area contributed by atoms with E-state index in [0.717, 1.165) is 38.2 Å². The molecule has 0 spiro atoms. The Labute approximate surface area is 96.5 Å². The molecule has 1 aromatic carbocycles. The van der Waals surface area contributed by atoms with E-state index in [4.69, 9.17) is 15.2 Å². The van der Waals surface area contributed by atoms with Crippen molar-refractivity contribution in [1.29, 1.82) is 0 Å². The predicted octanol–water partition coefficient (Wildman–Crippen LogP) is 1.75. The molecule has 0 saturated carbocycles. The first kappa shape index (κ1) is 11.4. The molecular formula is C13H19NO2. The second-order valence-electron chi connectivity index (χ2n) is 4.46. The van der Waals surface area contributed by atoms with Gasteiger partial charge in [0.05, 0.1) is 7.11 Å². The molecular weight excluding hydrogens is 202 g/mol. The first-order chi connectivity index (χ1) is 7.73. The zero-order valence-corrected chi connectivity index (χ0v) is 9.74. The Morgan fingerprint density at radius 2 is 2.00 bits per heavy atom. The Bertz CT molecular complexity index is 346. The van der Waals surface area contributed by atoms with Gasteiger partial charge in [0.2, 0.25) is 0 Å².